The average Bonchev–Trinajstić information content (AvgIpc) is 3.22. The van der Waals surface area contributed by atoms with Crippen molar-refractivity contribution in [1.82, 2.24) is 4.90 Å². The van der Waals surface area contributed by atoms with Gasteiger partial charge >= 0.3 is 11.9 Å². The number of carbonyl (C=O) groups excluding carboxylic acids is 4. The molecule has 3 N–H and O–H groups in total. The van der Waals surface area contributed by atoms with Gasteiger partial charge in [-0.1, -0.05) is 44.6 Å². The van der Waals surface area contributed by atoms with E-state index in [0.717, 1.165) is 5.57 Å². The number of amides is 1. The van der Waals surface area contributed by atoms with Gasteiger partial charge in [-0.25, -0.2) is 4.79 Å². The second-order valence-corrected chi connectivity index (χ2v) is 17.1. The molecule has 3 fully saturated rings. The normalized spacial score (nSPS) is 29.2. The number of nitriles is 1. The second-order valence-electron chi connectivity index (χ2n) is 17.1. The fraction of sp³-hybridized carbons (Fsp3) is 0.756. The monoisotopic (exact) mass is 830 g/mol. The molecule has 14 atom stereocenters. The van der Waals surface area contributed by atoms with E-state index in [-0.39, 0.29) is 67.2 Å². The zero-order valence-corrected chi connectivity index (χ0v) is 36.4. The first-order valence-corrected chi connectivity index (χ1v) is 21.2. The molecule has 0 radical (unpaired) electrons. The number of carbonyl (C=O) groups is 4. The van der Waals surface area contributed by atoms with Crippen LogP contribution in [0.25, 0.3) is 0 Å². The Balaban J connectivity index is 1.79. The minimum absolute atomic E-state index is 0.0107. The van der Waals surface area contributed by atoms with E-state index in [9.17, 15) is 39.8 Å². The topological polar surface area (TPSA) is 202 Å². The van der Waals surface area contributed by atoms with Gasteiger partial charge in [-0.2, -0.15) is 5.26 Å². The number of hydrogen-bond acceptors (Lipinski definition) is 13. The van der Waals surface area contributed by atoms with Crippen molar-refractivity contribution < 1.29 is 58.2 Å². The van der Waals surface area contributed by atoms with Crippen LogP contribution in [0.2, 0.25) is 0 Å². The van der Waals surface area contributed by atoms with Crippen LogP contribution >= 0.6 is 0 Å². The van der Waals surface area contributed by atoms with Gasteiger partial charge in [0.25, 0.3) is 5.91 Å². The Hall–Kier alpha value is -3.45. The Bertz CT molecular complexity index is 1520. The van der Waals surface area contributed by atoms with Crippen LogP contribution in [0.15, 0.2) is 36.0 Å². The Morgan fingerprint density at radius 3 is 2.36 bits per heavy atom. The Labute approximate surface area is 350 Å². The number of methoxy groups -OCH3 is 3. The summed E-state index contributed by atoms with van der Waals surface area (Å²) >= 11 is 0. The molecule has 1 unspecified atom stereocenters. The summed E-state index contributed by atoms with van der Waals surface area (Å²) in [5.74, 6) is -3.54. The van der Waals surface area contributed by atoms with Crippen molar-refractivity contribution in [2.24, 2.45) is 29.6 Å². The Morgan fingerprint density at radius 2 is 1.73 bits per heavy atom. The van der Waals surface area contributed by atoms with E-state index in [1.807, 2.05) is 26.0 Å². The summed E-state index contributed by atoms with van der Waals surface area (Å²) in [6.07, 6.45) is 4.48. The minimum Gasteiger partial charge on any atom is -0.457 e. The van der Waals surface area contributed by atoms with Crippen LogP contribution in [0.4, 0.5) is 0 Å². The number of ketones is 1. The minimum atomic E-state index is -1.91. The molecule has 3 aliphatic rings. The first kappa shape index (κ1) is 49.9. The number of hydrogen-bond donors (Lipinski definition) is 3. The molecule has 332 valence electrons. The maximum absolute atomic E-state index is 13.9. The molecule has 59 heavy (non-hydrogen) atoms. The van der Waals surface area contributed by atoms with Gasteiger partial charge in [0.15, 0.2) is 6.10 Å². The predicted octanol–water partition coefficient (Wildman–Crippen LogP) is 4.78. The zero-order valence-electron chi connectivity index (χ0n) is 36.4. The molecule has 1 aliphatic carbocycles. The molecule has 14 nitrogen and oxygen atoms in total. The molecular formula is C45H70N2O12. The summed E-state index contributed by atoms with van der Waals surface area (Å²) in [6, 6.07) is 0.501. The Morgan fingerprint density at radius 1 is 1.03 bits per heavy atom. The molecule has 0 spiro atoms. The molecule has 0 bridgehead atoms. The molecule has 3 rings (SSSR count). The number of ether oxygens (including phenoxy) is 5. The van der Waals surface area contributed by atoms with Crippen LogP contribution in [0.1, 0.15) is 105 Å². The van der Waals surface area contributed by atoms with Gasteiger partial charge in [-0.15, -0.1) is 6.58 Å². The lowest BCUT2D eigenvalue weighted by Crippen LogP contribution is -2.52. The predicted molar refractivity (Wildman–Crippen MR) is 219 cm³/mol. The summed E-state index contributed by atoms with van der Waals surface area (Å²) in [5, 5.41) is 41.3. The third-order valence-corrected chi connectivity index (χ3v) is 12.4. The van der Waals surface area contributed by atoms with Crippen LogP contribution in [0.5, 0.6) is 0 Å². The molecule has 1 amide bonds. The quantitative estimate of drug-likeness (QED) is 0.0812. The molecule has 2 saturated heterocycles. The van der Waals surface area contributed by atoms with Gasteiger partial charge in [-0.05, 0) is 95.5 Å². The largest absolute Gasteiger partial charge is 0.457 e. The number of Topliss-reactive ketones (excluding diaryl/α,β-unsaturated/α-hetero) is 1. The van der Waals surface area contributed by atoms with Crippen LogP contribution in [-0.2, 0) is 42.9 Å². The van der Waals surface area contributed by atoms with Crippen molar-refractivity contribution in [3.05, 3.63) is 36.0 Å². The zero-order chi connectivity index (χ0) is 44.0. The SMILES string of the molecule is C=CC[C@H](/C=C(\C)C[C@H](C)C[C@H](OC)[C@H]1OC(=O)[C@H](C)C[C@@H]1OC)C(=O)C[C@H](O)[C@@H](C)[C@H](OC(=O)[C@@H]1CCCCN1C(=O)C(O)C#N)/C(C)=C/[C@@H]1CC[C@@H](O)[C@H](OC)C1. The van der Waals surface area contributed by atoms with Crippen molar-refractivity contribution >= 4 is 23.6 Å². The van der Waals surface area contributed by atoms with Gasteiger partial charge in [0.1, 0.15) is 24.0 Å². The number of piperidine rings is 1. The summed E-state index contributed by atoms with van der Waals surface area (Å²) in [4.78, 5) is 54.3. The second kappa shape index (κ2) is 24.1. The summed E-state index contributed by atoms with van der Waals surface area (Å²) < 4.78 is 28.9. The lowest BCUT2D eigenvalue weighted by Gasteiger charge is -2.38. The van der Waals surface area contributed by atoms with E-state index in [1.54, 1.807) is 41.3 Å². The third kappa shape index (κ3) is 14.0. The van der Waals surface area contributed by atoms with Crippen molar-refractivity contribution in [1.29, 1.82) is 5.26 Å². The number of esters is 2. The van der Waals surface area contributed by atoms with E-state index >= 15 is 0 Å². The maximum Gasteiger partial charge on any atom is 0.329 e. The van der Waals surface area contributed by atoms with Gasteiger partial charge in [0.05, 0.1) is 36.4 Å². The third-order valence-electron chi connectivity index (χ3n) is 12.4. The van der Waals surface area contributed by atoms with Crippen molar-refractivity contribution in [3.8, 4) is 6.07 Å². The highest BCUT2D eigenvalue weighted by molar-refractivity contribution is 5.89. The number of aliphatic hydroxyl groups is 3. The number of allylic oxidation sites excluding steroid dienone is 4. The van der Waals surface area contributed by atoms with Crippen molar-refractivity contribution in [2.75, 3.05) is 27.9 Å². The van der Waals surface area contributed by atoms with E-state index < -0.39 is 60.3 Å². The van der Waals surface area contributed by atoms with Gasteiger partial charge < -0.3 is 43.9 Å². The highest BCUT2D eigenvalue weighted by Crippen LogP contribution is 2.33. The Kier molecular flexibility index (Phi) is 20.4. The van der Waals surface area contributed by atoms with Crippen molar-refractivity contribution in [3.63, 3.8) is 0 Å². The summed E-state index contributed by atoms with van der Waals surface area (Å²) in [5.41, 5.74) is 1.62. The summed E-state index contributed by atoms with van der Waals surface area (Å²) in [7, 11) is 4.75. The first-order chi connectivity index (χ1) is 28.0. The maximum atomic E-state index is 13.9. The fourth-order valence-corrected chi connectivity index (χ4v) is 8.96. The highest BCUT2D eigenvalue weighted by Gasteiger charge is 2.42. The van der Waals surface area contributed by atoms with E-state index in [1.165, 1.54) is 11.0 Å². The molecule has 2 aliphatic heterocycles. The molecule has 0 aromatic heterocycles. The smallest absolute Gasteiger partial charge is 0.329 e. The standard InChI is InChI=1S/C45H70N2O12/c1-10-13-32(19-26(2)18-27(3)20-39(56-8)42-40(57-9)22-29(5)44(53)59-42)36(50)24-35(49)30(6)41(28(4)21-31-15-16-34(48)38(23-31)55-7)58-45(54)33-14-11-12-17-47(33)43(52)37(51)25-46/h10,19,21,27,29-35,37-42,48-49,51H,1,11-18,20,22-24H2,2-9H3/b26-19+,28-21+/t27-,29+,30+,31-,32+,33-,34+,35-,37?,38+,39-,40-,41+,42+/m0/s1. The number of nitrogens with zero attached hydrogens (tertiary/aromatic N) is 2. The molecule has 2 heterocycles. The van der Waals surface area contributed by atoms with E-state index in [0.29, 0.717) is 63.4 Å². The van der Waals surface area contributed by atoms with E-state index in [4.69, 9.17) is 23.7 Å². The molecular weight excluding hydrogens is 760 g/mol. The molecule has 14 heteroatoms. The number of rotatable bonds is 21. The first-order valence-electron chi connectivity index (χ1n) is 21.2. The number of cyclic esters (lactones) is 1. The van der Waals surface area contributed by atoms with Crippen LogP contribution in [0.3, 0.4) is 0 Å². The lowest BCUT2D eigenvalue weighted by molar-refractivity contribution is -0.189. The average molecular weight is 831 g/mol. The highest BCUT2D eigenvalue weighted by atomic mass is 16.6. The van der Waals surface area contributed by atoms with Gasteiger partial charge in [-0.3, -0.25) is 14.4 Å². The molecule has 1 saturated carbocycles. The summed E-state index contributed by atoms with van der Waals surface area (Å²) in [6.45, 7) is 13.4. The molecule has 0 aromatic carbocycles. The fourth-order valence-electron chi connectivity index (χ4n) is 8.96. The van der Waals surface area contributed by atoms with Gasteiger partial charge in [0.2, 0.25) is 6.10 Å². The molecule has 0 aromatic rings. The van der Waals surface area contributed by atoms with Crippen LogP contribution < -0.4 is 0 Å². The van der Waals surface area contributed by atoms with Gasteiger partial charge in [0, 0.05) is 46.1 Å². The van der Waals surface area contributed by atoms with E-state index in [2.05, 4.69) is 13.5 Å². The number of aliphatic hydroxyl groups excluding tert-OH is 3. The van der Waals surface area contributed by atoms with Crippen LogP contribution in [-0.4, -0.2) is 127 Å². The number of likely N-dealkylation sites (tertiary alicyclic amines) is 1. The van der Waals surface area contributed by atoms with Crippen molar-refractivity contribution in [2.45, 2.75) is 160 Å². The lowest BCUT2D eigenvalue weighted by atomic mass is 9.81. The van der Waals surface area contributed by atoms with Crippen LogP contribution in [0, 0.1) is 40.9 Å².